The van der Waals surface area contributed by atoms with Crippen molar-refractivity contribution in [1.29, 1.82) is 0 Å². The van der Waals surface area contributed by atoms with E-state index in [1.54, 1.807) is 31.5 Å². The van der Waals surface area contributed by atoms with Crippen LogP contribution < -0.4 is 15.4 Å². The van der Waals surface area contributed by atoms with Crippen molar-refractivity contribution in [2.24, 2.45) is 7.05 Å². The number of hydrogen-bond donors (Lipinski definition) is 2. The van der Waals surface area contributed by atoms with Crippen LogP contribution in [0, 0.1) is 5.82 Å². The van der Waals surface area contributed by atoms with Gasteiger partial charge in [-0.15, -0.1) is 0 Å². The number of ether oxygens (including phenoxy) is 1. The van der Waals surface area contributed by atoms with E-state index in [1.165, 1.54) is 6.07 Å². The second kappa shape index (κ2) is 8.35. The Morgan fingerprint density at radius 1 is 1.22 bits per heavy atom. The second-order valence-electron chi connectivity index (χ2n) is 6.02. The van der Waals surface area contributed by atoms with Gasteiger partial charge in [-0.25, -0.2) is 14.2 Å². The average Bonchev–Trinajstić information content (AvgIpc) is 3.11. The van der Waals surface area contributed by atoms with Crippen molar-refractivity contribution in [3.05, 3.63) is 83.7 Å². The quantitative estimate of drug-likeness (QED) is 0.702. The number of benzene rings is 2. The molecule has 0 radical (unpaired) electrons. The molecule has 6 nitrogen and oxygen atoms in total. The molecule has 1 heterocycles. The topological polar surface area (TPSA) is 68.2 Å². The SMILES string of the molecule is COc1ccc(C(NC(=O)NCc2ccccc2F)c2nccn2C)cc1. The third-order valence-electron chi connectivity index (χ3n) is 4.24. The molecule has 140 valence electrons. The molecule has 2 aromatic carbocycles. The molecule has 1 atom stereocenters. The molecule has 0 fully saturated rings. The van der Waals surface area contributed by atoms with E-state index >= 15 is 0 Å². The van der Waals surface area contributed by atoms with Gasteiger partial charge in [0.15, 0.2) is 0 Å². The van der Waals surface area contributed by atoms with Crippen LogP contribution >= 0.6 is 0 Å². The predicted octanol–water partition coefficient (Wildman–Crippen LogP) is 3.16. The Bertz CT molecular complexity index is 908. The number of aromatic nitrogens is 2. The van der Waals surface area contributed by atoms with E-state index in [-0.39, 0.29) is 12.4 Å². The number of rotatable bonds is 6. The fraction of sp³-hybridized carbons (Fsp3) is 0.200. The van der Waals surface area contributed by atoms with E-state index in [9.17, 15) is 9.18 Å². The number of methoxy groups -OCH3 is 1. The molecule has 0 bridgehead atoms. The lowest BCUT2D eigenvalue weighted by atomic mass is 10.1. The second-order valence-corrected chi connectivity index (χ2v) is 6.02. The van der Waals surface area contributed by atoms with Gasteiger partial charge in [0, 0.05) is 31.5 Å². The van der Waals surface area contributed by atoms with E-state index in [2.05, 4.69) is 15.6 Å². The lowest BCUT2D eigenvalue weighted by Crippen LogP contribution is -2.39. The van der Waals surface area contributed by atoms with Gasteiger partial charge in [0.05, 0.1) is 7.11 Å². The summed E-state index contributed by atoms with van der Waals surface area (Å²) in [4.78, 5) is 16.8. The maximum atomic E-state index is 13.7. The summed E-state index contributed by atoms with van der Waals surface area (Å²) < 4.78 is 20.7. The first-order valence-corrected chi connectivity index (χ1v) is 8.47. The standard InChI is InChI=1S/C20H21FN4O2/c1-25-12-11-22-19(25)18(14-7-9-16(27-2)10-8-14)24-20(26)23-13-15-5-3-4-6-17(15)21/h3-12,18H,13H2,1-2H3,(H2,23,24,26). The number of nitrogens with zero attached hydrogens (tertiary/aromatic N) is 2. The lowest BCUT2D eigenvalue weighted by Gasteiger charge is -2.20. The van der Waals surface area contributed by atoms with Gasteiger partial charge in [0.2, 0.25) is 0 Å². The van der Waals surface area contributed by atoms with Crippen LogP contribution in [-0.4, -0.2) is 22.7 Å². The van der Waals surface area contributed by atoms with Gasteiger partial charge in [-0.3, -0.25) is 0 Å². The normalized spacial score (nSPS) is 11.7. The molecule has 1 unspecified atom stereocenters. The fourth-order valence-corrected chi connectivity index (χ4v) is 2.75. The Labute approximate surface area is 157 Å². The number of carbonyl (C=O) groups is 1. The van der Waals surface area contributed by atoms with E-state index in [4.69, 9.17) is 4.74 Å². The third-order valence-corrected chi connectivity index (χ3v) is 4.24. The maximum Gasteiger partial charge on any atom is 0.315 e. The maximum absolute atomic E-state index is 13.7. The lowest BCUT2D eigenvalue weighted by molar-refractivity contribution is 0.237. The molecule has 2 amide bonds. The molecule has 3 rings (SSSR count). The molecule has 3 aromatic rings. The molecule has 7 heteroatoms. The minimum atomic E-state index is -0.462. The first-order valence-electron chi connectivity index (χ1n) is 8.47. The number of urea groups is 1. The summed E-state index contributed by atoms with van der Waals surface area (Å²) in [6.45, 7) is 0.0917. The Morgan fingerprint density at radius 3 is 2.59 bits per heavy atom. The zero-order valence-corrected chi connectivity index (χ0v) is 15.1. The molecule has 0 saturated heterocycles. The predicted molar refractivity (Wildman–Crippen MR) is 99.8 cm³/mol. The number of aryl methyl sites for hydroxylation is 1. The van der Waals surface area contributed by atoms with Crippen molar-refractivity contribution in [3.63, 3.8) is 0 Å². The van der Waals surface area contributed by atoms with Crippen LogP contribution in [0.2, 0.25) is 0 Å². The highest BCUT2D eigenvalue weighted by molar-refractivity contribution is 5.74. The first-order chi connectivity index (χ1) is 13.1. The molecule has 2 N–H and O–H groups in total. The summed E-state index contributed by atoms with van der Waals surface area (Å²) in [6, 6.07) is 12.8. The van der Waals surface area contributed by atoms with Gasteiger partial charge >= 0.3 is 6.03 Å². The number of hydrogen-bond acceptors (Lipinski definition) is 3. The van der Waals surface area contributed by atoms with Crippen LogP contribution in [0.25, 0.3) is 0 Å². The highest BCUT2D eigenvalue weighted by Crippen LogP contribution is 2.23. The van der Waals surface area contributed by atoms with E-state index in [1.807, 2.05) is 42.1 Å². The Kier molecular flexibility index (Phi) is 5.71. The largest absolute Gasteiger partial charge is 0.497 e. The number of imidazole rings is 1. The number of nitrogens with one attached hydrogen (secondary N) is 2. The van der Waals surface area contributed by atoms with E-state index in [0.29, 0.717) is 11.4 Å². The highest BCUT2D eigenvalue weighted by Gasteiger charge is 2.21. The van der Waals surface area contributed by atoms with Crippen LogP contribution in [-0.2, 0) is 13.6 Å². The van der Waals surface area contributed by atoms with Crippen molar-refractivity contribution >= 4 is 6.03 Å². The number of amides is 2. The molecular weight excluding hydrogens is 347 g/mol. The number of halogens is 1. The van der Waals surface area contributed by atoms with Crippen LogP contribution in [0.5, 0.6) is 5.75 Å². The summed E-state index contributed by atoms with van der Waals surface area (Å²) in [7, 11) is 3.46. The van der Waals surface area contributed by atoms with Crippen LogP contribution in [0.3, 0.4) is 0 Å². The molecule has 1 aromatic heterocycles. The monoisotopic (exact) mass is 368 g/mol. The average molecular weight is 368 g/mol. The van der Waals surface area contributed by atoms with Gasteiger partial charge in [0.1, 0.15) is 23.4 Å². The molecule has 0 aliphatic heterocycles. The van der Waals surface area contributed by atoms with Crippen LogP contribution in [0.15, 0.2) is 60.9 Å². The van der Waals surface area contributed by atoms with Gasteiger partial charge in [0.25, 0.3) is 0 Å². The van der Waals surface area contributed by atoms with Crippen molar-refractivity contribution in [1.82, 2.24) is 20.2 Å². The van der Waals surface area contributed by atoms with Gasteiger partial charge in [-0.05, 0) is 23.8 Å². The molecule has 0 spiro atoms. The minimum Gasteiger partial charge on any atom is -0.497 e. The first kappa shape index (κ1) is 18.4. The molecule has 0 saturated carbocycles. The van der Waals surface area contributed by atoms with Crippen molar-refractivity contribution < 1.29 is 13.9 Å². The summed E-state index contributed by atoms with van der Waals surface area (Å²) in [6.07, 6.45) is 3.48. The summed E-state index contributed by atoms with van der Waals surface area (Å²) >= 11 is 0. The van der Waals surface area contributed by atoms with Crippen molar-refractivity contribution in [3.8, 4) is 5.75 Å². The fourth-order valence-electron chi connectivity index (χ4n) is 2.75. The summed E-state index contributed by atoms with van der Waals surface area (Å²) in [5.41, 5.74) is 1.27. The van der Waals surface area contributed by atoms with Crippen LogP contribution in [0.4, 0.5) is 9.18 Å². The highest BCUT2D eigenvalue weighted by atomic mass is 19.1. The third kappa shape index (κ3) is 4.44. The van der Waals surface area contributed by atoms with Crippen LogP contribution in [0.1, 0.15) is 23.0 Å². The molecule has 0 aliphatic rings. The van der Waals surface area contributed by atoms with Gasteiger partial charge in [-0.2, -0.15) is 0 Å². The zero-order chi connectivity index (χ0) is 19.2. The summed E-state index contributed by atoms with van der Waals surface area (Å²) in [5, 5.41) is 5.60. The Hall–Kier alpha value is -3.35. The van der Waals surface area contributed by atoms with Gasteiger partial charge < -0.3 is 19.9 Å². The smallest absolute Gasteiger partial charge is 0.315 e. The summed E-state index contributed by atoms with van der Waals surface area (Å²) in [5.74, 6) is 1.05. The van der Waals surface area contributed by atoms with E-state index in [0.717, 1.165) is 11.3 Å². The number of carbonyl (C=O) groups excluding carboxylic acids is 1. The van der Waals surface area contributed by atoms with Gasteiger partial charge in [-0.1, -0.05) is 30.3 Å². The Balaban J connectivity index is 1.76. The molecule has 27 heavy (non-hydrogen) atoms. The van der Waals surface area contributed by atoms with Crippen molar-refractivity contribution in [2.45, 2.75) is 12.6 Å². The Morgan fingerprint density at radius 2 is 1.96 bits per heavy atom. The zero-order valence-electron chi connectivity index (χ0n) is 15.1. The molecular formula is C20H21FN4O2. The van der Waals surface area contributed by atoms with Crippen molar-refractivity contribution in [2.75, 3.05) is 7.11 Å². The molecule has 0 aliphatic carbocycles. The van der Waals surface area contributed by atoms with E-state index < -0.39 is 12.1 Å². The minimum absolute atomic E-state index is 0.0917.